The van der Waals surface area contributed by atoms with Crippen LogP contribution in [0, 0.1) is 7.14 Å². The zero-order chi connectivity index (χ0) is 17.6. The van der Waals surface area contributed by atoms with Gasteiger partial charge in [0.25, 0.3) is 0 Å². The number of aromatic carboxylic acids is 1. The zero-order valence-electron chi connectivity index (χ0n) is 12.9. The van der Waals surface area contributed by atoms with Gasteiger partial charge in [0.2, 0.25) is 0 Å². The third-order valence-corrected chi connectivity index (χ3v) is 5.86. The van der Waals surface area contributed by atoms with Crippen LogP contribution in [0.1, 0.15) is 27.6 Å². The van der Waals surface area contributed by atoms with Crippen molar-refractivity contribution in [3.8, 4) is 16.9 Å². The Balaban J connectivity index is 1.81. The van der Waals surface area contributed by atoms with E-state index in [1.807, 2.05) is 24.3 Å². The molecule has 0 saturated heterocycles. The molecule has 0 aliphatic heterocycles. The minimum absolute atomic E-state index is 0.190. The molecule has 3 aromatic carbocycles. The van der Waals surface area contributed by atoms with Crippen molar-refractivity contribution in [1.82, 2.24) is 0 Å². The molecule has 0 unspecified atom stereocenters. The van der Waals surface area contributed by atoms with Crippen LogP contribution in [-0.2, 0) is 0 Å². The van der Waals surface area contributed by atoms with E-state index in [2.05, 4.69) is 69.4 Å². The molecule has 5 heteroatoms. The summed E-state index contributed by atoms with van der Waals surface area (Å²) in [5.74, 6) is -0.207. The topological polar surface area (TPSA) is 46.5 Å². The lowest BCUT2D eigenvalue weighted by molar-refractivity contribution is 0.0696. The maximum Gasteiger partial charge on any atom is 0.335 e. The first-order chi connectivity index (χ1) is 12.1. The minimum atomic E-state index is -0.932. The number of halogens is 2. The Kier molecular flexibility index (Phi) is 4.45. The molecular formula is C20H12I2O3. The number of hydrogen-bond acceptors (Lipinski definition) is 2. The molecule has 1 aliphatic rings. The maximum absolute atomic E-state index is 11.2. The number of rotatable bonds is 3. The first-order valence-electron chi connectivity index (χ1n) is 7.63. The largest absolute Gasteiger partial charge is 0.479 e. The van der Waals surface area contributed by atoms with Gasteiger partial charge in [-0.2, -0.15) is 0 Å². The van der Waals surface area contributed by atoms with E-state index in [9.17, 15) is 9.90 Å². The second kappa shape index (κ2) is 6.60. The number of carboxylic acid groups (broad SMARTS) is 1. The standard InChI is InChI=1S/C20H12I2O3/c21-16-9-11(20(23)24)10-17(22)19(16)25-18-14-7-3-1-5-12(14)13-6-2-4-8-15(13)18/h1-10,18H,(H,23,24). The van der Waals surface area contributed by atoms with Crippen molar-refractivity contribution in [3.05, 3.63) is 84.5 Å². The lowest BCUT2D eigenvalue weighted by Gasteiger charge is -2.19. The van der Waals surface area contributed by atoms with Crippen LogP contribution in [0.3, 0.4) is 0 Å². The lowest BCUT2D eigenvalue weighted by Crippen LogP contribution is -2.09. The molecule has 0 spiro atoms. The van der Waals surface area contributed by atoms with Gasteiger partial charge >= 0.3 is 5.97 Å². The van der Waals surface area contributed by atoms with Crippen molar-refractivity contribution < 1.29 is 14.6 Å². The molecule has 124 valence electrons. The first-order valence-corrected chi connectivity index (χ1v) is 9.79. The van der Waals surface area contributed by atoms with Gasteiger partial charge in [-0.25, -0.2) is 4.79 Å². The molecule has 1 aliphatic carbocycles. The Morgan fingerprint density at radius 3 is 1.84 bits per heavy atom. The van der Waals surface area contributed by atoms with E-state index in [-0.39, 0.29) is 11.7 Å². The molecule has 0 amide bonds. The van der Waals surface area contributed by atoms with E-state index in [0.29, 0.717) is 0 Å². The number of benzene rings is 3. The summed E-state index contributed by atoms with van der Waals surface area (Å²) < 4.78 is 8.01. The lowest BCUT2D eigenvalue weighted by atomic mass is 10.1. The summed E-state index contributed by atoms with van der Waals surface area (Å²) in [5.41, 5.74) is 4.93. The SMILES string of the molecule is O=C(O)c1cc(I)c(OC2c3ccccc3-c3ccccc32)c(I)c1. The zero-order valence-corrected chi connectivity index (χ0v) is 17.2. The molecule has 0 radical (unpaired) electrons. The molecule has 25 heavy (non-hydrogen) atoms. The number of ether oxygens (including phenoxy) is 1. The summed E-state index contributed by atoms with van der Waals surface area (Å²) in [6.45, 7) is 0. The van der Waals surface area contributed by atoms with Crippen molar-refractivity contribution in [3.63, 3.8) is 0 Å². The van der Waals surface area contributed by atoms with Gasteiger partial charge in [0.05, 0.1) is 12.7 Å². The molecule has 3 aromatic rings. The summed E-state index contributed by atoms with van der Waals surface area (Å²) in [6.07, 6.45) is -0.190. The molecule has 0 aromatic heterocycles. The van der Waals surface area contributed by atoms with Crippen molar-refractivity contribution in [1.29, 1.82) is 0 Å². The van der Waals surface area contributed by atoms with Gasteiger partial charge in [0, 0.05) is 11.1 Å². The molecule has 0 saturated carbocycles. The van der Waals surface area contributed by atoms with Gasteiger partial charge < -0.3 is 9.84 Å². The maximum atomic E-state index is 11.2. The summed E-state index contributed by atoms with van der Waals surface area (Å²) in [5, 5.41) is 9.22. The Morgan fingerprint density at radius 2 is 1.36 bits per heavy atom. The summed E-state index contributed by atoms with van der Waals surface area (Å²) in [7, 11) is 0. The van der Waals surface area contributed by atoms with Crippen molar-refractivity contribution in [2.75, 3.05) is 0 Å². The van der Waals surface area contributed by atoms with Crippen LogP contribution in [-0.4, -0.2) is 11.1 Å². The normalized spacial score (nSPS) is 12.6. The highest BCUT2D eigenvalue weighted by Gasteiger charge is 2.30. The van der Waals surface area contributed by atoms with Gasteiger partial charge in [-0.15, -0.1) is 0 Å². The van der Waals surface area contributed by atoms with E-state index in [4.69, 9.17) is 4.74 Å². The van der Waals surface area contributed by atoms with E-state index in [1.165, 1.54) is 11.1 Å². The van der Waals surface area contributed by atoms with Crippen molar-refractivity contribution in [2.24, 2.45) is 0 Å². The van der Waals surface area contributed by atoms with E-state index in [1.54, 1.807) is 12.1 Å². The van der Waals surface area contributed by atoms with Crippen LogP contribution >= 0.6 is 45.2 Å². The Labute approximate surface area is 172 Å². The fraction of sp³-hybridized carbons (Fsp3) is 0.0500. The fourth-order valence-corrected chi connectivity index (χ4v) is 5.17. The molecule has 0 atom stereocenters. The second-order valence-electron chi connectivity index (χ2n) is 5.75. The quantitative estimate of drug-likeness (QED) is 0.421. The Morgan fingerprint density at radius 1 is 0.880 bits per heavy atom. The average Bonchev–Trinajstić information content (AvgIpc) is 2.92. The van der Waals surface area contributed by atoms with Gasteiger partial charge in [0.15, 0.2) is 6.10 Å². The summed E-state index contributed by atoms with van der Waals surface area (Å²) >= 11 is 4.28. The minimum Gasteiger partial charge on any atom is -0.479 e. The van der Waals surface area contributed by atoms with Crippen LogP contribution in [0.4, 0.5) is 0 Å². The monoisotopic (exact) mass is 554 g/mol. The Bertz CT molecular complexity index is 929. The predicted octanol–water partition coefficient (Wildman–Crippen LogP) is 5.74. The smallest absolute Gasteiger partial charge is 0.335 e. The summed E-state index contributed by atoms with van der Waals surface area (Å²) in [4.78, 5) is 11.2. The van der Waals surface area contributed by atoms with Gasteiger partial charge in [0.1, 0.15) is 5.75 Å². The van der Waals surface area contributed by atoms with Crippen LogP contribution in [0.5, 0.6) is 5.75 Å². The highest BCUT2D eigenvalue weighted by Crippen LogP contribution is 2.46. The molecular weight excluding hydrogens is 542 g/mol. The predicted molar refractivity (Wildman–Crippen MR) is 113 cm³/mol. The van der Waals surface area contributed by atoms with E-state index in [0.717, 1.165) is 24.0 Å². The van der Waals surface area contributed by atoms with E-state index >= 15 is 0 Å². The third kappa shape index (κ3) is 2.93. The second-order valence-corrected chi connectivity index (χ2v) is 8.07. The van der Waals surface area contributed by atoms with E-state index < -0.39 is 5.97 Å². The molecule has 4 rings (SSSR count). The molecule has 0 bridgehead atoms. The van der Waals surface area contributed by atoms with Crippen molar-refractivity contribution in [2.45, 2.75) is 6.10 Å². The summed E-state index contributed by atoms with van der Waals surface area (Å²) in [6, 6.07) is 19.8. The fourth-order valence-electron chi connectivity index (χ4n) is 3.15. The third-order valence-electron chi connectivity index (χ3n) is 4.26. The number of carbonyl (C=O) groups is 1. The van der Waals surface area contributed by atoms with Gasteiger partial charge in [-0.05, 0) is 68.4 Å². The van der Waals surface area contributed by atoms with Crippen molar-refractivity contribution >= 4 is 51.2 Å². The number of carboxylic acids is 1. The highest BCUT2D eigenvalue weighted by atomic mass is 127. The first kappa shape index (κ1) is 16.8. The van der Waals surface area contributed by atoms with Gasteiger partial charge in [-0.3, -0.25) is 0 Å². The molecule has 0 heterocycles. The number of fused-ring (bicyclic) bond motifs is 3. The van der Waals surface area contributed by atoms with Crippen LogP contribution in [0.2, 0.25) is 0 Å². The number of hydrogen-bond donors (Lipinski definition) is 1. The molecule has 1 N–H and O–H groups in total. The highest BCUT2D eigenvalue weighted by molar-refractivity contribution is 14.1. The molecule has 0 fully saturated rings. The van der Waals surface area contributed by atoms with Crippen LogP contribution in [0.25, 0.3) is 11.1 Å². The Hall–Kier alpha value is -1.61. The van der Waals surface area contributed by atoms with Gasteiger partial charge in [-0.1, -0.05) is 48.5 Å². The molecule has 3 nitrogen and oxygen atoms in total. The van der Waals surface area contributed by atoms with Crippen LogP contribution < -0.4 is 4.74 Å². The average molecular weight is 554 g/mol. The van der Waals surface area contributed by atoms with Crippen LogP contribution in [0.15, 0.2) is 60.7 Å².